The molecule has 0 unspecified atom stereocenters. The first-order valence-electron chi connectivity index (χ1n) is 10.6. The highest BCUT2D eigenvalue weighted by molar-refractivity contribution is 7.92. The van der Waals surface area contributed by atoms with Crippen LogP contribution in [0.15, 0.2) is 59.5 Å². The summed E-state index contributed by atoms with van der Waals surface area (Å²) in [6.07, 6.45) is 0. The number of anilines is 1. The molecule has 0 spiro atoms. The molecule has 1 atom stereocenters. The summed E-state index contributed by atoms with van der Waals surface area (Å²) in [5.41, 5.74) is 7.06. The zero-order chi connectivity index (χ0) is 23.6. The van der Waals surface area contributed by atoms with Crippen LogP contribution < -0.4 is 10.0 Å². The lowest BCUT2D eigenvalue weighted by molar-refractivity contribution is 0.0940. The molecule has 0 heterocycles. The highest BCUT2D eigenvalue weighted by Gasteiger charge is 2.18. The van der Waals surface area contributed by atoms with Gasteiger partial charge in [0.1, 0.15) is 0 Å². The number of hydrogen-bond acceptors (Lipinski definition) is 3. The van der Waals surface area contributed by atoms with Crippen molar-refractivity contribution in [2.75, 3.05) is 4.72 Å². The number of hydrogen-bond donors (Lipinski definition) is 2. The van der Waals surface area contributed by atoms with Gasteiger partial charge < -0.3 is 5.32 Å². The van der Waals surface area contributed by atoms with Crippen molar-refractivity contribution in [2.45, 2.75) is 52.5 Å². The van der Waals surface area contributed by atoms with Crippen LogP contribution in [0.25, 0.3) is 0 Å². The van der Waals surface area contributed by atoms with E-state index in [1.807, 2.05) is 20.8 Å². The first-order chi connectivity index (χ1) is 15.0. The minimum Gasteiger partial charge on any atom is -0.346 e. The number of carbonyl (C=O) groups excluding carboxylic acids is 1. The lowest BCUT2D eigenvalue weighted by Gasteiger charge is -2.19. The van der Waals surface area contributed by atoms with Crippen molar-refractivity contribution in [3.8, 4) is 0 Å². The van der Waals surface area contributed by atoms with Crippen LogP contribution in [0.1, 0.15) is 56.7 Å². The molecule has 0 saturated heterocycles. The molecule has 0 fully saturated rings. The summed E-state index contributed by atoms with van der Waals surface area (Å²) in [5.74, 6) is -0.258. The molecule has 0 aromatic heterocycles. The molecule has 0 aliphatic rings. The Balaban J connectivity index is 1.82. The molecule has 5 nitrogen and oxygen atoms in total. The number of sulfonamides is 1. The minimum atomic E-state index is -3.76. The van der Waals surface area contributed by atoms with Gasteiger partial charge in [-0.3, -0.25) is 9.52 Å². The third-order valence-corrected chi connectivity index (χ3v) is 7.15. The summed E-state index contributed by atoms with van der Waals surface area (Å²) < 4.78 is 28.2. The van der Waals surface area contributed by atoms with Gasteiger partial charge in [0.05, 0.1) is 16.6 Å². The predicted molar refractivity (Wildman–Crippen MR) is 130 cm³/mol. The van der Waals surface area contributed by atoms with Crippen LogP contribution in [0.2, 0.25) is 0 Å². The molecule has 0 bridgehead atoms. The van der Waals surface area contributed by atoms with E-state index >= 15 is 0 Å². The maximum Gasteiger partial charge on any atom is 0.261 e. The van der Waals surface area contributed by atoms with E-state index in [1.54, 1.807) is 49.4 Å². The molecule has 0 aliphatic heterocycles. The Morgan fingerprint density at radius 2 is 1.41 bits per heavy atom. The first kappa shape index (κ1) is 23.5. The SMILES string of the molecule is Cc1ccc(S(=O)(=O)Nc2cc(C(=O)N[C@@H](C)c3cc(C)c(C)cc3C)ccc2C)cc1. The Morgan fingerprint density at radius 1 is 0.781 bits per heavy atom. The van der Waals surface area contributed by atoms with Crippen molar-refractivity contribution in [1.29, 1.82) is 0 Å². The maximum absolute atomic E-state index is 12.9. The average molecular weight is 451 g/mol. The normalized spacial score (nSPS) is 12.3. The molecule has 6 heteroatoms. The van der Waals surface area contributed by atoms with Crippen LogP contribution in [0.5, 0.6) is 0 Å². The summed E-state index contributed by atoms with van der Waals surface area (Å²) in [6.45, 7) is 11.8. The Morgan fingerprint density at radius 3 is 2.06 bits per heavy atom. The first-order valence-corrected chi connectivity index (χ1v) is 12.0. The fourth-order valence-corrected chi connectivity index (χ4v) is 4.72. The smallest absolute Gasteiger partial charge is 0.261 e. The van der Waals surface area contributed by atoms with Gasteiger partial charge in [-0.15, -0.1) is 0 Å². The quantitative estimate of drug-likeness (QED) is 0.519. The molecule has 0 saturated carbocycles. The van der Waals surface area contributed by atoms with E-state index in [0.717, 1.165) is 22.3 Å². The zero-order valence-corrected chi connectivity index (χ0v) is 20.2. The van der Waals surface area contributed by atoms with Crippen molar-refractivity contribution in [1.82, 2.24) is 5.32 Å². The van der Waals surface area contributed by atoms with Gasteiger partial charge in [0.15, 0.2) is 0 Å². The molecule has 0 aliphatic carbocycles. The molecule has 1 amide bonds. The van der Waals surface area contributed by atoms with Crippen LogP contribution in [0.4, 0.5) is 5.69 Å². The van der Waals surface area contributed by atoms with Crippen LogP contribution in [-0.4, -0.2) is 14.3 Å². The Kier molecular flexibility index (Phi) is 6.74. The Labute approximate surface area is 190 Å². The van der Waals surface area contributed by atoms with Gasteiger partial charge in [0.25, 0.3) is 15.9 Å². The molecule has 168 valence electrons. The molecular weight excluding hydrogens is 420 g/mol. The molecule has 2 N–H and O–H groups in total. The third kappa shape index (κ3) is 5.19. The summed E-state index contributed by atoms with van der Waals surface area (Å²) in [5, 5.41) is 3.03. The second kappa shape index (κ2) is 9.17. The minimum absolute atomic E-state index is 0.177. The van der Waals surface area contributed by atoms with E-state index in [1.165, 1.54) is 11.1 Å². The van der Waals surface area contributed by atoms with Crippen LogP contribution in [0, 0.1) is 34.6 Å². The van der Waals surface area contributed by atoms with Crippen LogP contribution in [-0.2, 0) is 10.0 Å². The van der Waals surface area contributed by atoms with E-state index in [0.29, 0.717) is 11.3 Å². The third-order valence-electron chi connectivity index (χ3n) is 5.77. The topological polar surface area (TPSA) is 75.3 Å². The van der Waals surface area contributed by atoms with Gasteiger partial charge in [-0.25, -0.2) is 8.42 Å². The van der Waals surface area contributed by atoms with Crippen molar-refractivity contribution in [3.05, 3.63) is 93.5 Å². The Hall–Kier alpha value is -3.12. The second-order valence-corrected chi connectivity index (χ2v) is 10.1. The van der Waals surface area contributed by atoms with Gasteiger partial charge >= 0.3 is 0 Å². The van der Waals surface area contributed by atoms with Gasteiger partial charge in [0.2, 0.25) is 0 Å². The van der Waals surface area contributed by atoms with Crippen LogP contribution >= 0.6 is 0 Å². The molecule has 32 heavy (non-hydrogen) atoms. The van der Waals surface area contributed by atoms with E-state index in [-0.39, 0.29) is 16.8 Å². The molecular formula is C26H30N2O3S. The number of benzene rings is 3. The lowest BCUT2D eigenvalue weighted by Crippen LogP contribution is -2.27. The predicted octanol–water partition coefficient (Wildman–Crippen LogP) is 5.52. The van der Waals surface area contributed by atoms with Gasteiger partial charge in [0, 0.05) is 5.56 Å². The summed E-state index contributed by atoms with van der Waals surface area (Å²) in [6, 6.07) is 15.7. The number of amides is 1. The van der Waals surface area contributed by atoms with Crippen molar-refractivity contribution < 1.29 is 13.2 Å². The van der Waals surface area contributed by atoms with E-state index in [2.05, 4.69) is 36.0 Å². The van der Waals surface area contributed by atoms with E-state index < -0.39 is 10.0 Å². The van der Waals surface area contributed by atoms with Gasteiger partial charge in [-0.1, -0.05) is 35.9 Å². The highest BCUT2D eigenvalue weighted by Crippen LogP contribution is 2.24. The lowest BCUT2D eigenvalue weighted by atomic mass is 9.96. The van der Waals surface area contributed by atoms with Gasteiger partial charge in [-0.05, 0) is 93.6 Å². The Bertz CT molecular complexity index is 1260. The van der Waals surface area contributed by atoms with Gasteiger partial charge in [-0.2, -0.15) is 0 Å². The van der Waals surface area contributed by atoms with E-state index in [9.17, 15) is 13.2 Å². The zero-order valence-electron chi connectivity index (χ0n) is 19.4. The standard InChI is InChI=1S/C26H30N2O3S/c1-16-7-11-23(12-8-16)32(30,31)28-25-15-22(10-9-17(25)2)26(29)27-21(6)24-14-19(4)18(3)13-20(24)5/h7-15,21,28H,1-6H3,(H,27,29)/t21-/m0/s1. The second-order valence-electron chi connectivity index (χ2n) is 8.44. The fourth-order valence-electron chi connectivity index (χ4n) is 3.60. The number of rotatable bonds is 6. The van der Waals surface area contributed by atoms with Crippen LogP contribution in [0.3, 0.4) is 0 Å². The molecule has 3 aromatic rings. The highest BCUT2D eigenvalue weighted by atomic mass is 32.2. The van der Waals surface area contributed by atoms with Crippen molar-refractivity contribution >= 4 is 21.6 Å². The molecule has 0 radical (unpaired) electrons. The van der Waals surface area contributed by atoms with Crippen molar-refractivity contribution in [2.24, 2.45) is 0 Å². The largest absolute Gasteiger partial charge is 0.346 e. The van der Waals surface area contributed by atoms with E-state index in [4.69, 9.17) is 0 Å². The summed E-state index contributed by atoms with van der Waals surface area (Å²) in [7, 11) is -3.76. The number of carbonyl (C=O) groups is 1. The monoisotopic (exact) mass is 450 g/mol. The number of aryl methyl sites for hydroxylation is 5. The summed E-state index contributed by atoms with van der Waals surface area (Å²) >= 11 is 0. The molecule has 3 aromatic carbocycles. The maximum atomic E-state index is 12.9. The molecule has 3 rings (SSSR count). The summed E-state index contributed by atoms with van der Waals surface area (Å²) in [4.78, 5) is 13.1. The van der Waals surface area contributed by atoms with Crippen molar-refractivity contribution in [3.63, 3.8) is 0 Å². The fraction of sp³-hybridized carbons (Fsp3) is 0.269. The average Bonchev–Trinajstić information content (AvgIpc) is 2.72. The number of nitrogens with one attached hydrogen (secondary N) is 2.